The van der Waals surface area contributed by atoms with Crippen molar-refractivity contribution in [3.63, 3.8) is 0 Å². The number of rotatable bonds is 5. The maximum Gasteiger partial charge on any atom is 0.243 e. The first-order valence-electron chi connectivity index (χ1n) is 7.38. The summed E-state index contributed by atoms with van der Waals surface area (Å²) in [5, 5.41) is 0. The molecule has 3 rings (SSSR count). The van der Waals surface area contributed by atoms with Crippen LogP contribution in [0.3, 0.4) is 0 Å². The van der Waals surface area contributed by atoms with Gasteiger partial charge in [-0.1, -0.05) is 6.07 Å². The monoisotopic (exact) mass is 316 g/mol. The van der Waals surface area contributed by atoms with Gasteiger partial charge in [-0.3, -0.25) is 4.79 Å². The fourth-order valence-electron chi connectivity index (χ4n) is 2.87. The van der Waals surface area contributed by atoms with Crippen LogP contribution in [0.5, 0.6) is 11.5 Å². The van der Waals surface area contributed by atoms with Gasteiger partial charge in [-0.15, -0.1) is 0 Å². The van der Waals surface area contributed by atoms with Crippen molar-refractivity contribution in [1.82, 2.24) is 4.90 Å². The number of methoxy groups -OCH3 is 2. The first kappa shape index (κ1) is 15.4. The highest BCUT2D eigenvalue weighted by molar-refractivity contribution is 5.89. The van der Waals surface area contributed by atoms with E-state index in [4.69, 9.17) is 19.6 Å². The molecule has 1 aliphatic heterocycles. The Kier molecular flexibility index (Phi) is 4.00. The smallest absolute Gasteiger partial charge is 0.243 e. The lowest BCUT2D eigenvalue weighted by Gasteiger charge is -2.44. The maximum atomic E-state index is 12.1. The van der Waals surface area contributed by atoms with Crippen molar-refractivity contribution in [3.05, 3.63) is 47.4 Å². The molecular weight excluding hydrogens is 296 g/mol. The van der Waals surface area contributed by atoms with Crippen molar-refractivity contribution in [1.29, 1.82) is 0 Å². The van der Waals surface area contributed by atoms with Gasteiger partial charge >= 0.3 is 0 Å². The molecule has 1 fully saturated rings. The fourth-order valence-corrected chi connectivity index (χ4v) is 2.87. The first-order valence-corrected chi connectivity index (χ1v) is 7.38. The molecule has 122 valence electrons. The lowest BCUT2D eigenvalue weighted by molar-refractivity contribution is -0.151. The topological polar surface area (TPSA) is 77.9 Å². The summed E-state index contributed by atoms with van der Waals surface area (Å²) in [5.41, 5.74) is 6.90. The Balaban J connectivity index is 1.82. The Labute approximate surface area is 134 Å². The van der Waals surface area contributed by atoms with Crippen molar-refractivity contribution in [2.75, 3.05) is 14.2 Å². The van der Waals surface area contributed by atoms with E-state index in [-0.39, 0.29) is 11.9 Å². The molecule has 6 nitrogen and oxygen atoms in total. The number of carbonyl (C=O) groups is 1. The molecule has 1 saturated heterocycles. The summed E-state index contributed by atoms with van der Waals surface area (Å²) in [5.74, 6) is 2.72. The van der Waals surface area contributed by atoms with Crippen LogP contribution in [0.25, 0.3) is 0 Å². The number of furan rings is 1. The molecular formula is C17H20N2O4. The number of carbonyl (C=O) groups excluding carboxylic acids is 1. The largest absolute Gasteiger partial charge is 0.493 e. The highest BCUT2D eigenvalue weighted by atomic mass is 16.5. The summed E-state index contributed by atoms with van der Waals surface area (Å²) >= 11 is 0. The van der Waals surface area contributed by atoms with E-state index < -0.39 is 6.04 Å². The Bertz CT molecular complexity index is 725. The van der Waals surface area contributed by atoms with Gasteiger partial charge < -0.3 is 24.5 Å². The van der Waals surface area contributed by atoms with Gasteiger partial charge in [0, 0.05) is 6.54 Å². The highest BCUT2D eigenvalue weighted by Crippen LogP contribution is 2.37. The number of nitrogens with zero attached hydrogens (tertiary/aromatic N) is 1. The van der Waals surface area contributed by atoms with Crippen LogP contribution in [0.1, 0.15) is 23.1 Å². The molecule has 6 heteroatoms. The van der Waals surface area contributed by atoms with Gasteiger partial charge in [-0.05, 0) is 36.8 Å². The Hall–Kier alpha value is -2.47. The number of ether oxygens (including phenoxy) is 2. The number of aryl methyl sites for hydroxylation is 1. The molecule has 0 bridgehead atoms. The predicted octanol–water partition coefficient (Wildman–Crippen LogP) is 2.02. The van der Waals surface area contributed by atoms with E-state index in [1.165, 1.54) is 0 Å². The third kappa shape index (κ3) is 2.66. The van der Waals surface area contributed by atoms with Crippen molar-refractivity contribution < 1.29 is 18.7 Å². The minimum absolute atomic E-state index is 0.0844. The van der Waals surface area contributed by atoms with Gasteiger partial charge in [0.05, 0.1) is 14.2 Å². The van der Waals surface area contributed by atoms with Gasteiger partial charge in [0.1, 0.15) is 23.6 Å². The fraction of sp³-hybridized carbons (Fsp3) is 0.353. The van der Waals surface area contributed by atoms with Gasteiger partial charge in [0.2, 0.25) is 5.91 Å². The lowest BCUT2D eigenvalue weighted by atomic mass is 9.92. The van der Waals surface area contributed by atoms with Crippen LogP contribution < -0.4 is 15.2 Å². The van der Waals surface area contributed by atoms with Crippen LogP contribution >= 0.6 is 0 Å². The van der Waals surface area contributed by atoms with Crippen LogP contribution in [-0.4, -0.2) is 31.1 Å². The van der Waals surface area contributed by atoms with E-state index in [1.807, 2.05) is 37.3 Å². The summed E-state index contributed by atoms with van der Waals surface area (Å²) in [6.45, 7) is 2.31. The van der Waals surface area contributed by atoms with Crippen LogP contribution in [0.2, 0.25) is 0 Å². The van der Waals surface area contributed by atoms with Crippen LogP contribution in [0, 0.1) is 6.92 Å². The quantitative estimate of drug-likeness (QED) is 0.854. The molecule has 2 N–H and O–H groups in total. The van der Waals surface area contributed by atoms with E-state index in [2.05, 4.69) is 0 Å². The molecule has 1 aromatic carbocycles. The normalized spacial score (nSPS) is 20.3. The number of nitrogens with two attached hydrogens (primary N) is 1. The molecule has 1 aromatic heterocycles. The van der Waals surface area contributed by atoms with E-state index in [0.29, 0.717) is 18.0 Å². The van der Waals surface area contributed by atoms with Crippen LogP contribution in [0.4, 0.5) is 0 Å². The van der Waals surface area contributed by atoms with Crippen LogP contribution in [0.15, 0.2) is 34.7 Å². The number of likely N-dealkylation sites (tertiary alicyclic amines) is 1. The second kappa shape index (κ2) is 5.96. The van der Waals surface area contributed by atoms with E-state index in [9.17, 15) is 4.79 Å². The summed E-state index contributed by atoms with van der Waals surface area (Å²) in [4.78, 5) is 13.8. The second-order valence-electron chi connectivity index (χ2n) is 5.57. The van der Waals surface area contributed by atoms with E-state index in [0.717, 1.165) is 17.1 Å². The average molecular weight is 316 g/mol. The molecule has 2 heterocycles. The van der Waals surface area contributed by atoms with Gasteiger partial charge in [0.25, 0.3) is 0 Å². The number of hydrogen-bond acceptors (Lipinski definition) is 5. The summed E-state index contributed by atoms with van der Waals surface area (Å²) in [6, 6.07) is 8.55. The lowest BCUT2D eigenvalue weighted by Crippen LogP contribution is -2.62. The molecule has 23 heavy (non-hydrogen) atoms. The second-order valence-corrected chi connectivity index (χ2v) is 5.57. The molecule has 1 amide bonds. The van der Waals surface area contributed by atoms with Crippen molar-refractivity contribution in [2.24, 2.45) is 5.73 Å². The van der Waals surface area contributed by atoms with Crippen molar-refractivity contribution in [2.45, 2.75) is 25.6 Å². The zero-order chi connectivity index (χ0) is 16.6. The summed E-state index contributed by atoms with van der Waals surface area (Å²) < 4.78 is 16.2. The number of β-lactam (4-membered cyclic amide) rings is 1. The van der Waals surface area contributed by atoms with E-state index >= 15 is 0 Å². The zero-order valence-corrected chi connectivity index (χ0v) is 13.4. The Morgan fingerprint density at radius 2 is 1.91 bits per heavy atom. The van der Waals surface area contributed by atoms with E-state index in [1.54, 1.807) is 19.1 Å². The molecule has 1 aliphatic rings. The predicted molar refractivity (Wildman–Crippen MR) is 84.3 cm³/mol. The summed E-state index contributed by atoms with van der Waals surface area (Å²) in [7, 11) is 3.17. The van der Waals surface area contributed by atoms with Crippen molar-refractivity contribution in [3.8, 4) is 11.5 Å². The maximum absolute atomic E-state index is 12.1. The van der Waals surface area contributed by atoms with Crippen LogP contribution in [-0.2, 0) is 11.3 Å². The molecule has 2 atom stereocenters. The molecule has 0 aliphatic carbocycles. The molecule has 0 spiro atoms. The molecule has 2 unspecified atom stereocenters. The number of amides is 1. The number of benzene rings is 1. The molecule has 0 radical (unpaired) electrons. The molecule has 0 saturated carbocycles. The van der Waals surface area contributed by atoms with Gasteiger partial charge in [-0.25, -0.2) is 0 Å². The number of hydrogen-bond donors (Lipinski definition) is 1. The SMILES string of the molecule is COc1ccc(CN2C(=O)C(N)C2c2ccc(C)o2)cc1OC. The highest BCUT2D eigenvalue weighted by Gasteiger charge is 2.47. The first-order chi connectivity index (χ1) is 11.0. The minimum Gasteiger partial charge on any atom is -0.493 e. The minimum atomic E-state index is -0.555. The van der Waals surface area contributed by atoms with Crippen molar-refractivity contribution >= 4 is 5.91 Å². The third-order valence-corrected chi connectivity index (χ3v) is 4.10. The Morgan fingerprint density at radius 1 is 1.17 bits per heavy atom. The average Bonchev–Trinajstić information content (AvgIpc) is 2.99. The Morgan fingerprint density at radius 3 is 2.52 bits per heavy atom. The van der Waals surface area contributed by atoms with Gasteiger partial charge in [-0.2, -0.15) is 0 Å². The zero-order valence-electron chi connectivity index (χ0n) is 13.4. The summed E-state index contributed by atoms with van der Waals surface area (Å²) in [6.07, 6.45) is 0. The third-order valence-electron chi connectivity index (χ3n) is 4.10. The molecule has 2 aromatic rings. The standard InChI is InChI=1S/C17H20N2O4/c1-10-4-6-13(23-10)16-15(18)17(20)19(16)9-11-5-7-12(21-2)14(8-11)22-3/h4-8,15-16H,9,18H2,1-3H3. The van der Waals surface area contributed by atoms with Gasteiger partial charge in [0.15, 0.2) is 11.5 Å².